The molecular weight excluding hydrogens is 234 g/mol. The molecule has 0 bridgehead atoms. The van der Waals surface area contributed by atoms with Gasteiger partial charge in [-0.1, -0.05) is 0 Å². The summed E-state index contributed by atoms with van der Waals surface area (Å²) in [5.74, 6) is -5.62. The quantitative estimate of drug-likeness (QED) is 0.556. The molecular formula is C9H11NO7. The molecule has 0 aliphatic carbocycles. The summed E-state index contributed by atoms with van der Waals surface area (Å²) in [5, 5.41) is 26.1. The standard InChI is InChI=1S/C9H11NO7/c11-6-1-4(8(14)15)3-10(6)5(9(16)17)2-7(12)13/h4-5H,1-3H2,(H,12,13)(H,14,15)(H,16,17)/t4?,5-/m0/s1. The topological polar surface area (TPSA) is 132 Å². The van der Waals surface area contributed by atoms with Crippen molar-refractivity contribution in [1.29, 1.82) is 0 Å². The minimum absolute atomic E-state index is 0.265. The van der Waals surface area contributed by atoms with E-state index in [0.29, 0.717) is 0 Å². The number of nitrogens with zero attached hydrogens (tertiary/aromatic N) is 1. The summed E-state index contributed by atoms with van der Waals surface area (Å²) in [5.41, 5.74) is 0. The molecule has 0 aromatic carbocycles. The fraction of sp³-hybridized carbons (Fsp3) is 0.556. The van der Waals surface area contributed by atoms with Crippen molar-refractivity contribution in [2.45, 2.75) is 18.9 Å². The molecule has 1 unspecified atom stereocenters. The van der Waals surface area contributed by atoms with Gasteiger partial charge in [0.2, 0.25) is 5.91 Å². The van der Waals surface area contributed by atoms with E-state index >= 15 is 0 Å². The third-order valence-electron chi connectivity index (χ3n) is 2.54. The van der Waals surface area contributed by atoms with E-state index in [2.05, 4.69) is 0 Å². The zero-order valence-electron chi connectivity index (χ0n) is 8.70. The number of aliphatic carboxylic acids is 3. The fourth-order valence-corrected chi connectivity index (χ4v) is 1.69. The summed E-state index contributed by atoms with van der Waals surface area (Å²) in [4.78, 5) is 44.2. The lowest BCUT2D eigenvalue weighted by Gasteiger charge is -2.22. The van der Waals surface area contributed by atoms with Gasteiger partial charge < -0.3 is 20.2 Å². The van der Waals surface area contributed by atoms with Gasteiger partial charge in [-0.2, -0.15) is 0 Å². The first-order chi connectivity index (χ1) is 7.82. The van der Waals surface area contributed by atoms with Crippen LogP contribution < -0.4 is 0 Å². The predicted octanol–water partition coefficient (Wildman–Crippen LogP) is -1.15. The molecule has 94 valence electrons. The fourth-order valence-electron chi connectivity index (χ4n) is 1.69. The Balaban J connectivity index is 2.82. The molecule has 8 heteroatoms. The summed E-state index contributed by atoms with van der Waals surface area (Å²) >= 11 is 0. The Morgan fingerprint density at radius 1 is 1.29 bits per heavy atom. The van der Waals surface area contributed by atoms with Crippen molar-refractivity contribution in [3.8, 4) is 0 Å². The molecule has 8 nitrogen and oxygen atoms in total. The van der Waals surface area contributed by atoms with Crippen LogP contribution in [0.5, 0.6) is 0 Å². The van der Waals surface area contributed by atoms with Crippen molar-refractivity contribution in [2.24, 2.45) is 5.92 Å². The first-order valence-electron chi connectivity index (χ1n) is 4.79. The molecule has 1 fully saturated rings. The average Bonchev–Trinajstić information content (AvgIpc) is 2.56. The number of carboxylic acid groups (broad SMARTS) is 3. The minimum Gasteiger partial charge on any atom is -0.481 e. The zero-order valence-corrected chi connectivity index (χ0v) is 8.70. The molecule has 1 aliphatic heterocycles. The summed E-state index contributed by atoms with van der Waals surface area (Å²) < 4.78 is 0. The Labute approximate surface area is 95.4 Å². The molecule has 17 heavy (non-hydrogen) atoms. The summed E-state index contributed by atoms with van der Waals surface area (Å²) in [6.45, 7) is -0.265. The van der Waals surface area contributed by atoms with E-state index in [0.717, 1.165) is 4.90 Å². The Bertz CT molecular complexity index is 378. The first kappa shape index (κ1) is 12.9. The zero-order chi connectivity index (χ0) is 13.2. The van der Waals surface area contributed by atoms with E-state index < -0.39 is 42.2 Å². The van der Waals surface area contributed by atoms with Gasteiger partial charge in [-0.05, 0) is 0 Å². The maximum atomic E-state index is 11.4. The maximum absolute atomic E-state index is 11.4. The van der Waals surface area contributed by atoms with Crippen molar-refractivity contribution in [3.63, 3.8) is 0 Å². The number of amides is 1. The van der Waals surface area contributed by atoms with Crippen molar-refractivity contribution >= 4 is 23.8 Å². The van der Waals surface area contributed by atoms with Crippen molar-refractivity contribution in [3.05, 3.63) is 0 Å². The van der Waals surface area contributed by atoms with E-state index in [4.69, 9.17) is 15.3 Å². The first-order valence-corrected chi connectivity index (χ1v) is 4.79. The van der Waals surface area contributed by atoms with Gasteiger partial charge in [0.05, 0.1) is 12.3 Å². The van der Waals surface area contributed by atoms with Crippen LogP contribution in [0.4, 0.5) is 0 Å². The third-order valence-corrected chi connectivity index (χ3v) is 2.54. The Morgan fingerprint density at radius 3 is 2.24 bits per heavy atom. The predicted molar refractivity (Wildman–Crippen MR) is 51.1 cm³/mol. The molecule has 1 saturated heterocycles. The van der Waals surface area contributed by atoms with Crippen LogP contribution in [0, 0.1) is 5.92 Å². The second kappa shape index (κ2) is 4.81. The number of likely N-dealkylation sites (tertiary alicyclic amines) is 1. The highest BCUT2D eigenvalue weighted by Crippen LogP contribution is 2.21. The van der Waals surface area contributed by atoms with Crippen LogP contribution >= 0.6 is 0 Å². The number of carboxylic acids is 3. The Kier molecular flexibility index (Phi) is 3.66. The lowest BCUT2D eigenvalue weighted by molar-refractivity contribution is -0.153. The molecule has 2 atom stereocenters. The largest absolute Gasteiger partial charge is 0.481 e. The average molecular weight is 245 g/mol. The van der Waals surface area contributed by atoms with Crippen LogP contribution in [0.15, 0.2) is 0 Å². The highest BCUT2D eigenvalue weighted by atomic mass is 16.4. The van der Waals surface area contributed by atoms with E-state index in [-0.39, 0.29) is 13.0 Å². The number of carbonyl (C=O) groups excluding carboxylic acids is 1. The van der Waals surface area contributed by atoms with Crippen molar-refractivity contribution in [1.82, 2.24) is 4.90 Å². The van der Waals surface area contributed by atoms with E-state index in [1.54, 1.807) is 0 Å². The highest BCUT2D eigenvalue weighted by Gasteiger charge is 2.41. The van der Waals surface area contributed by atoms with Gasteiger partial charge >= 0.3 is 17.9 Å². The Morgan fingerprint density at radius 2 is 1.88 bits per heavy atom. The van der Waals surface area contributed by atoms with Gasteiger partial charge in [-0.3, -0.25) is 14.4 Å². The number of rotatable bonds is 5. The van der Waals surface area contributed by atoms with Gasteiger partial charge in [0.15, 0.2) is 0 Å². The molecule has 0 radical (unpaired) electrons. The third kappa shape index (κ3) is 2.92. The van der Waals surface area contributed by atoms with Crippen LogP contribution in [0.2, 0.25) is 0 Å². The van der Waals surface area contributed by atoms with Crippen molar-refractivity contribution < 1.29 is 34.5 Å². The second-order valence-corrected chi connectivity index (χ2v) is 3.74. The van der Waals surface area contributed by atoms with Crippen LogP contribution in [0.25, 0.3) is 0 Å². The van der Waals surface area contributed by atoms with E-state index in [1.807, 2.05) is 0 Å². The highest BCUT2D eigenvalue weighted by molar-refractivity contribution is 5.91. The Hall–Kier alpha value is -2.12. The molecule has 0 aromatic heterocycles. The van der Waals surface area contributed by atoms with Gasteiger partial charge in [0.1, 0.15) is 6.04 Å². The van der Waals surface area contributed by atoms with Crippen LogP contribution in [0.3, 0.4) is 0 Å². The number of carbonyl (C=O) groups is 4. The van der Waals surface area contributed by atoms with Gasteiger partial charge in [0.25, 0.3) is 0 Å². The molecule has 1 aliphatic rings. The lowest BCUT2D eigenvalue weighted by atomic mass is 10.1. The van der Waals surface area contributed by atoms with Gasteiger partial charge in [-0.15, -0.1) is 0 Å². The van der Waals surface area contributed by atoms with Gasteiger partial charge in [0, 0.05) is 13.0 Å². The molecule has 0 aromatic rings. The molecule has 0 spiro atoms. The smallest absolute Gasteiger partial charge is 0.327 e. The minimum atomic E-state index is -1.51. The summed E-state index contributed by atoms with van der Waals surface area (Å²) in [6.07, 6.45) is -1.04. The SMILES string of the molecule is O=C(O)C[C@@H](C(=O)O)N1CC(C(=O)O)CC1=O. The number of hydrogen-bond acceptors (Lipinski definition) is 4. The van der Waals surface area contributed by atoms with Crippen LogP contribution in [0.1, 0.15) is 12.8 Å². The normalized spacial score (nSPS) is 21.3. The second-order valence-electron chi connectivity index (χ2n) is 3.74. The van der Waals surface area contributed by atoms with Crippen LogP contribution in [-0.4, -0.2) is 56.6 Å². The molecule has 1 rings (SSSR count). The van der Waals surface area contributed by atoms with Crippen molar-refractivity contribution in [2.75, 3.05) is 6.54 Å². The van der Waals surface area contributed by atoms with E-state index in [9.17, 15) is 19.2 Å². The van der Waals surface area contributed by atoms with E-state index in [1.165, 1.54) is 0 Å². The molecule has 1 amide bonds. The monoisotopic (exact) mass is 245 g/mol. The van der Waals surface area contributed by atoms with Crippen LogP contribution in [-0.2, 0) is 19.2 Å². The number of hydrogen-bond donors (Lipinski definition) is 3. The maximum Gasteiger partial charge on any atom is 0.327 e. The lowest BCUT2D eigenvalue weighted by Crippen LogP contribution is -2.43. The summed E-state index contributed by atoms with van der Waals surface area (Å²) in [6, 6.07) is -1.51. The molecule has 1 heterocycles. The molecule has 0 saturated carbocycles. The summed E-state index contributed by atoms with van der Waals surface area (Å²) in [7, 11) is 0. The molecule has 3 N–H and O–H groups in total. The van der Waals surface area contributed by atoms with Gasteiger partial charge in [-0.25, -0.2) is 4.79 Å².